The van der Waals surface area contributed by atoms with Crippen LogP contribution in [0.1, 0.15) is 32.3 Å². The number of nitrogens with one attached hydrogen (secondary N) is 1. The van der Waals surface area contributed by atoms with Gasteiger partial charge in [0.2, 0.25) is 0 Å². The Morgan fingerprint density at radius 2 is 2.11 bits per heavy atom. The number of rotatable bonds is 7. The first kappa shape index (κ1) is 14.4. The summed E-state index contributed by atoms with van der Waals surface area (Å²) in [5, 5.41) is 3.55. The molecule has 0 bridgehead atoms. The van der Waals surface area contributed by atoms with Crippen molar-refractivity contribution in [2.75, 3.05) is 26.2 Å². The van der Waals surface area contributed by atoms with Crippen LogP contribution in [0.4, 0.5) is 0 Å². The number of likely N-dealkylation sites (tertiary alicyclic amines) is 1. The third kappa shape index (κ3) is 4.51. The zero-order valence-electron chi connectivity index (χ0n) is 12.2. The molecule has 2 rings (SSSR count). The monoisotopic (exact) mass is 262 g/mol. The SMILES string of the molecule is CCOc1cccc(CNCC(C)N2CCCC2)c1. The zero-order valence-corrected chi connectivity index (χ0v) is 12.2. The number of benzene rings is 1. The van der Waals surface area contributed by atoms with Crippen molar-refractivity contribution in [2.24, 2.45) is 0 Å². The van der Waals surface area contributed by atoms with Crippen LogP contribution in [0.25, 0.3) is 0 Å². The van der Waals surface area contributed by atoms with E-state index in [0.29, 0.717) is 6.04 Å². The Bertz CT molecular complexity index is 375. The minimum absolute atomic E-state index is 0.637. The Morgan fingerprint density at radius 3 is 2.84 bits per heavy atom. The van der Waals surface area contributed by atoms with E-state index in [4.69, 9.17) is 4.74 Å². The van der Waals surface area contributed by atoms with Crippen LogP contribution in [0.3, 0.4) is 0 Å². The van der Waals surface area contributed by atoms with Crippen LogP contribution in [0.5, 0.6) is 5.75 Å². The molecule has 19 heavy (non-hydrogen) atoms. The lowest BCUT2D eigenvalue weighted by molar-refractivity contribution is 0.251. The van der Waals surface area contributed by atoms with Crippen molar-refractivity contribution in [3.8, 4) is 5.75 Å². The molecule has 1 aromatic carbocycles. The van der Waals surface area contributed by atoms with Gasteiger partial charge in [0.25, 0.3) is 0 Å². The van der Waals surface area contributed by atoms with Gasteiger partial charge >= 0.3 is 0 Å². The molecule has 1 atom stereocenters. The smallest absolute Gasteiger partial charge is 0.119 e. The molecule has 0 saturated carbocycles. The maximum atomic E-state index is 5.52. The summed E-state index contributed by atoms with van der Waals surface area (Å²) in [4.78, 5) is 2.57. The Labute approximate surface area is 116 Å². The van der Waals surface area contributed by atoms with Gasteiger partial charge in [-0.3, -0.25) is 4.90 Å². The van der Waals surface area contributed by atoms with Crippen LogP contribution in [0.15, 0.2) is 24.3 Å². The van der Waals surface area contributed by atoms with Crippen molar-refractivity contribution in [1.29, 1.82) is 0 Å². The summed E-state index contributed by atoms with van der Waals surface area (Å²) in [6.07, 6.45) is 2.72. The Morgan fingerprint density at radius 1 is 1.32 bits per heavy atom. The number of ether oxygens (including phenoxy) is 1. The standard InChI is InChI=1S/C16H26N2O/c1-3-19-16-8-6-7-15(11-16)13-17-12-14(2)18-9-4-5-10-18/h6-8,11,14,17H,3-5,9-10,12-13H2,1-2H3. The highest BCUT2D eigenvalue weighted by Crippen LogP contribution is 2.14. The van der Waals surface area contributed by atoms with Crippen LogP contribution in [0.2, 0.25) is 0 Å². The molecule has 1 aliphatic rings. The minimum Gasteiger partial charge on any atom is -0.494 e. The lowest BCUT2D eigenvalue weighted by Crippen LogP contribution is -2.38. The van der Waals surface area contributed by atoms with Crippen molar-refractivity contribution in [1.82, 2.24) is 10.2 Å². The molecule has 1 N–H and O–H groups in total. The fourth-order valence-electron chi connectivity index (χ4n) is 2.65. The normalized spacial score (nSPS) is 17.6. The van der Waals surface area contributed by atoms with Gasteiger partial charge in [0.1, 0.15) is 5.75 Å². The summed E-state index contributed by atoms with van der Waals surface area (Å²) < 4.78 is 5.52. The van der Waals surface area contributed by atoms with E-state index in [0.717, 1.165) is 25.4 Å². The summed E-state index contributed by atoms with van der Waals surface area (Å²) >= 11 is 0. The lowest BCUT2D eigenvalue weighted by atomic mass is 10.2. The summed E-state index contributed by atoms with van der Waals surface area (Å²) in [6.45, 7) is 9.56. The van der Waals surface area contributed by atoms with Gasteiger partial charge in [-0.15, -0.1) is 0 Å². The van der Waals surface area contributed by atoms with Crippen molar-refractivity contribution in [3.63, 3.8) is 0 Å². The summed E-state index contributed by atoms with van der Waals surface area (Å²) in [6, 6.07) is 8.98. The van der Waals surface area contributed by atoms with E-state index in [1.165, 1.54) is 31.5 Å². The summed E-state index contributed by atoms with van der Waals surface area (Å²) in [5.74, 6) is 0.967. The predicted molar refractivity (Wildman–Crippen MR) is 79.6 cm³/mol. The van der Waals surface area contributed by atoms with Gasteiger partial charge < -0.3 is 10.1 Å². The Kier molecular flexibility index (Phi) is 5.67. The molecule has 1 aromatic rings. The van der Waals surface area contributed by atoms with Crippen molar-refractivity contribution >= 4 is 0 Å². The second kappa shape index (κ2) is 7.51. The Hall–Kier alpha value is -1.06. The molecule has 3 nitrogen and oxygen atoms in total. The molecule has 1 fully saturated rings. The first-order valence-corrected chi connectivity index (χ1v) is 7.46. The van der Waals surface area contributed by atoms with Crippen LogP contribution in [-0.2, 0) is 6.54 Å². The third-order valence-corrected chi connectivity index (χ3v) is 3.74. The van der Waals surface area contributed by atoms with E-state index in [2.05, 4.69) is 35.3 Å². The van der Waals surface area contributed by atoms with E-state index >= 15 is 0 Å². The molecule has 0 spiro atoms. The van der Waals surface area contributed by atoms with Crippen LogP contribution >= 0.6 is 0 Å². The molecule has 1 saturated heterocycles. The van der Waals surface area contributed by atoms with Crippen LogP contribution in [0, 0.1) is 0 Å². The topological polar surface area (TPSA) is 24.5 Å². The van der Waals surface area contributed by atoms with Gasteiger partial charge in [-0.25, -0.2) is 0 Å². The average Bonchev–Trinajstić information content (AvgIpc) is 2.93. The maximum absolute atomic E-state index is 5.52. The zero-order chi connectivity index (χ0) is 13.5. The van der Waals surface area contributed by atoms with Crippen molar-refractivity contribution in [3.05, 3.63) is 29.8 Å². The fourth-order valence-corrected chi connectivity index (χ4v) is 2.65. The third-order valence-electron chi connectivity index (χ3n) is 3.74. The maximum Gasteiger partial charge on any atom is 0.119 e. The molecule has 0 amide bonds. The molecular formula is C16H26N2O. The van der Waals surface area contributed by atoms with Gasteiger partial charge in [0.15, 0.2) is 0 Å². The predicted octanol–water partition coefficient (Wildman–Crippen LogP) is 2.66. The van der Waals surface area contributed by atoms with Crippen molar-refractivity contribution < 1.29 is 4.74 Å². The number of hydrogen-bond donors (Lipinski definition) is 1. The molecular weight excluding hydrogens is 236 g/mol. The van der Waals surface area contributed by atoms with E-state index < -0.39 is 0 Å². The van der Waals surface area contributed by atoms with Gasteiger partial charge in [-0.1, -0.05) is 12.1 Å². The van der Waals surface area contributed by atoms with E-state index in [1.807, 2.05) is 13.0 Å². The molecule has 1 heterocycles. The molecule has 1 aliphatic heterocycles. The molecule has 106 valence electrons. The van der Waals surface area contributed by atoms with E-state index in [9.17, 15) is 0 Å². The highest BCUT2D eigenvalue weighted by atomic mass is 16.5. The van der Waals surface area contributed by atoms with Gasteiger partial charge in [0, 0.05) is 19.1 Å². The van der Waals surface area contributed by atoms with Gasteiger partial charge in [0.05, 0.1) is 6.61 Å². The highest BCUT2D eigenvalue weighted by Gasteiger charge is 2.17. The van der Waals surface area contributed by atoms with Crippen molar-refractivity contribution in [2.45, 2.75) is 39.3 Å². The fraction of sp³-hybridized carbons (Fsp3) is 0.625. The second-order valence-corrected chi connectivity index (χ2v) is 5.30. The molecule has 1 unspecified atom stereocenters. The van der Waals surface area contributed by atoms with Gasteiger partial charge in [-0.2, -0.15) is 0 Å². The number of nitrogens with zero attached hydrogens (tertiary/aromatic N) is 1. The molecule has 3 heteroatoms. The largest absolute Gasteiger partial charge is 0.494 e. The minimum atomic E-state index is 0.637. The molecule has 0 aliphatic carbocycles. The second-order valence-electron chi connectivity index (χ2n) is 5.30. The quantitative estimate of drug-likeness (QED) is 0.817. The van der Waals surface area contributed by atoms with E-state index in [-0.39, 0.29) is 0 Å². The van der Waals surface area contributed by atoms with E-state index in [1.54, 1.807) is 0 Å². The van der Waals surface area contributed by atoms with Crippen LogP contribution in [-0.4, -0.2) is 37.2 Å². The lowest BCUT2D eigenvalue weighted by Gasteiger charge is -2.24. The Balaban J connectivity index is 1.73. The molecule has 0 aromatic heterocycles. The first-order chi connectivity index (χ1) is 9.29. The first-order valence-electron chi connectivity index (χ1n) is 7.46. The summed E-state index contributed by atoms with van der Waals surface area (Å²) in [5.41, 5.74) is 1.29. The van der Waals surface area contributed by atoms with Crippen LogP contribution < -0.4 is 10.1 Å². The highest BCUT2D eigenvalue weighted by molar-refractivity contribution is 5.28. The summed E-state index contributed by atoms with van der Waals surface area (Å²) in [7, 11) is 0. The van der Waals surface area contributed by atoms with Gasteiger partial charge in [-0.05, 0) is 57.5 Å². The average molecular weight is 262 g/mol. The molecule has 0 radical (unpaired) electrons. The number of hydrogen-bond acceptors (Lipinski definition) is 3.